The monoisotopic (exact) mass is 344 g/mol. The highest BCUT2D eigenvalue weighted by atomic mass is 31.1. The zero-order valence-corrected chi connectivity index (χ0v) is 14.5. The zero-order chi connectivity index (χ0) is 17.2. The summed E-state index contributed by atoms with van der Waals surface area (Å²) in [5.41, 5.74) is 10.7. The lowest BCUT2D eigenvalue weighted by atomic mass is 9.95. The summed E-state index contributed by atoms with van der Waals surface area (Å²) >= 11 is 0. The average Bonchev–Trinajstić information content (AvgIpc) is 2.65. The van der Waals surface area contributed by atoms with Gasteiger partial charge < -0.3 is 10.6 Å². The molecular formula is C21H17N2OP. The van der Waals surface area contributed by atoms with Crippen molar-refractivity contribution in [3.05, 3.63) is 78.2 Å². The van der Waals surface area contributed by atoms with Gasteiger partial charge in [-0.2, -0.15) is 0 Å². The first kappa shape index (κ1) is 15.8. The lowest BCUT2D eigenvalue weighted by molar-refractivity contribution is 0.654. The van der Waals surface area contributed by atoms with Crippen molar-refractivity contribution >= 4 is 42.2 Å². The van der Waals surface area contributed by atoms with Crippen LogP contribution >= 0.6 is 8.81 Å². The minimum Gasteiger partial charge on any atom is -0.399 e. The number of nitrogens with two attached hydrogens (primary N) is 1. The van der Waals surface area contributed by atoms with Crippen molar-refractivity contribution in [1.29, 1.82) is 0 Å². The molecule has 0 aliphatic rings. The summed E-state index contributed by atoms with van der Waals surface area (Å²) in [4.78, 5) is 13.8. The molecule has 4 heteroatoms. The molecule has 122 valence electrons. The third-order valence-electron chi connectivity index (χ3n) is 4.24. The van der Waals surface area contributed by atoms with Crippen molar-refractivity contribution in [2.45, 2.75) is 0 Å². The van der Waals surface area contributed by atoms with Crippen LogP contribution in [0.5, 0.6) is 0 Å². The molecule has 25 heavy (non-hydrogen) atoms. The van der Waals surface area contributed by atoms with Gasteiger partial charge in [-0.15, -0.1) is 0 Å². The van der Waals surface area contributed by atoms with Gasteiger partial charge in [0.1, 0.15) is 0 Å². The molecule has 1 atom stereocenters. The number of nitrogens with zero attached hydrogens (tertiary/aromatic N) is 1. The van der Waals surface area contributed by atoms with Crippen LogP contribution in [0.3, 0.4) is 0 Å². The van der Waals surface area contributed by atoms with E-state index in [1.165, 1.54) is 10.8 Å². The van der Waals surface area contributed by atoms with Gasteiger partial charge in [-0.05, 0) is 46.4 Å². The van der Waals surface area contributed by atoms with Crippen LogP contribution in [-0.4, -0.2) is 9.88 Å². The Morgan fingerprint density at radius 3 is 2.60 bits per heavy atom. The second-order valence-corrected chi connectivity index (χ2v) is 6.46. The Hall–Kier alpha value is -2.74. The van der Waals surface area contributed by atoms with Crippen molar-refractivity contribution in [3.8, 4) is 11.1 Å². The van der Waals surface area contributed by atoms with Crippen LogP contribution in [0, 0.1) is 0 Å². The third-order valence-corrected chi connectivity index (χ3v) is 4.56. The van der Waals surface area contributed by atoms with E-state index in [-0.39, 0.29) is 8.81 Å². The first-order valence-corrected chi connectivity index (χ1v) is 9.03. The molecule has 0 fully saturated rings. The number of hydrogen-bond donors (Lipinski definition) is 2. The molecule has 0 amide bonds. The molecule has 1 aromatic heterocycles. The highest BCUT2D eigenvalue weighted by Gasteiger charge is 2.10. The van der Waals surface area contributed by atoms with E-state index in [1.807, 2.05) is 42.5 Å². The van der Waals surface area contributed by atoms with E-state index in [1.54, 1.807) is 5.82 Å². The van der Waals surface area contributed by atoms with E-state index >= 15 is 0 Å². The second-order valence-electron chi connectivity index (χ2n) is 5.87. The third kappa shape index (κ3) is 3.00. The van der Waals surface area contributed by atoms with Crippen molar-refractivity contribution in [3.63, 3.8) is 0 Å². The van der Waals surface area contributed by atoms with Crippen molar-refractivity contribution < 1.29 is 4.89 Å². The maximum Gasteiger partial charge on any atom is 0.0789 e. The predicted octanol–water partition coefficient (Wildman–Crippen LogP) is 5.19. The summed E-state index contributed by atoms with van der Waals surface area (Å²) in [5, 5.41) is 3.37. The minimum atomic E-state index is -0.225. The van der Waals surface area contributed by atoms with E-state index in [9.17, 15) is 0 Å². The Bertz CT molecular complexity index is 1100. The highest BCUT2D eigenvalue weighted by molar-refractivity contribution is 7.35. The number of aromatic nitrogens is 1. The first-order valence-electron chi connectivity index (χ1n) is 8.01. The van der Waals surface area contributed by atoms with Crippen LogP contribution in [0.2, 0.25) is 0 Å². The average molecular weight is 344 g/mol. The maximum absolute atomic E-state index is 9.02. The molecular weight excluding hydrogens is 327 g/mol. The summed E-state index contributed by atoms with van der Waals surface area (Å²) in [7, 11) is -0.225. The number of nitrogen functional groups attached to an aromatic ring is 1. The van der Waals surface area contributed by atoms with Crippen LogP contribution < -0.4 is 5.73 Å². The molecule has 1 unspecified atom stereocenters. The topological polar surface area (TPSA) is 59.1 Å². The Kier molecular flexibility index (Phi) is 4.19. The van der Waals surface area contributed by atoms with Crippen LogP contribution in [0.1, 0.15) is 5.69 Å². The van der Waals surface area contributed by atoms with E-state index < -0.39 is 0 Å². The van der Waals surface area contributed by atoms with Gasteiger partial charge >= 0.3 is 0 Å². The van der Waals surface area contributed by atoms with Gasteiger partial charge in [0, 0.05) is 25.4 Å². The molecule has 3 aromatic carbocycles. The molecule has 0 aliphatic carbocycles. The lowest BCUT2D eigenvalue weighted by Gasteiger charge is -2.11. The molecule has 4 aromatic rings. The molecule has 3 nitrogen and oxygen atoms in total. The van der Waals surface area contributed by atoms with Gasteiger partial charge in [0.15, 0.2) is 0 Å². The molecule has 0 bridgehead atoms. The summed E-state index contributed by atoms with van der Waals surface area (Å²) in [5.74, 6) is 1.71. The van der Waals surface area contributed by atoms with Crippen molar-refractivity contribution in [1.82, 2.24) is 4.98 Å². The zero-order valence-electron chi connectivity index (χ0n) is 13.5. The Balaban J connectivity index is 2.03. The quantitative estimate of drug-likeness (QED) is 0.397. The molecule has 0 saturated carbocycles. The summed E-state index contributed by atoms with van der Waals surface area (Å²) < 4.78 is 0. The number of benzene rings is 3. The standard InChI is InChI=1S/C21H17N2OP/c22-16-12-15-8-9-17(10-11-25-24)23-21(15)20(13-16)19-7-3-5-14-4-1-2-6-18(14)19/h1-13,24-25H,22H2/b11-10+. The van der Waals surface area contributed by atoms with E-state index in [2.05, 4.69) is 30.3 Å². The minimum absolute atomic E-state index is 0.225. The Morgan fingerprint density at radius 1 is 0.880 bits per heavy atom. The van der Waals surface area contributed by atoms with Gasteiger partial charge in [-0.25, -0.2) is 4.98 Å². The Morgan fingerprint density at radius 2 is 1.72 bits per heavy atom. The second kappa shape index (κ2) is 6.64. The van der Waals surface area contributed by atoms with Gasteiger partial charge in [0.25, 0.3) is 0 Å². The summed E-state index contributed by atoms with van der Waals surface area (Å²) in [6, 6.07) is 22.5. The fourth-order valence-corrected chi connectivity index (χ4v) is 3.40. The summed E-state index contributed by atoms with van der Waals surface area (Å²) in [6.45, 7) is 0. The SMILES string of the molecule is Nc1cc(-c2cccc3ccccc23)c2nc(/C=C/PO)ccc2c1. The summed E-state index contributed by atoms with van der Waals surface area (Å²) in [6.07, 6.45) is 1.83. The number of fused-ring (bicyclic) bond motifs is 2. The largest absolute Gasteiger partial charge is 0.399 e. The Labute approximate surface area is 147 Å². The van der Waals surface area contributed by atoms with Crippen LogP contribution in [0.15, 0.2) is 72.5 Å². The molecule has 0 aliphatic heterocycles. The van der Waals surface area contributed by atoms with Gasteiger partial charge in [-0.1, -0.05) is 48.5 Å². The lowest BCUT2D eigenvalue weighted by Crippen LogP contribution is -1.92. The van der Waals surface area contributed by atoms with Crippen molar-refractivity contribution in [2.75, 3.05) is 5.73 Å². The molecule has 1 heterocycles. The number of hydrogen-bond acceptors (Lipinski definition) is 3. The first-order chi connectivity index (χ1) is 12.3. The van der Waals surface area contributed by atoms with E-state index in [4.69, 9.17) is 15.6 Å². The molecule has 0 saturated heterocycles. The molecule has 0 spiro atoms. The van der Waals surface area contributed by atoms with Crippen LogP contribution in [-0.2, 0) is 0 Å². The fraction of sp³-hybridized carbons (Fsp3) is 0. The molecule has 4 rings (SSSR count). The number of pyridine rings is 1. The van der Waals surface area contributed by atoms with Crippen LogP contribution in [0.4, 0.5) is 5.69 Å². The molecule has 0 radical (unpaired) electrons. The van der Waals surface area contributed by atoms with E-state index in [0.717, 1.165) is 33.4 Å². The predicted molar refractivity (Wildman–Crippen MR) is 109 cm³/mol. The highest BCUT2D eigenvalue weighted by Crippen LogP contribution is 2.35. The van der Waals surface area contributed by atoms with Crippen LogP contribution in [0.25, 0.3) is 38.9 Å². The van der Waals surface area contributed by atoms with E-state index in [0.29, 0.717) is 0 Å². The number of anilines is 1. The van der Waals surface area contributed by atoms with Crippen molar-refractivity contribution in [2.24, 2.45) is 0 Å². The normalized spacial score (nSPS) is 12.0. The maximum atomic E-state index is 9.02. The number of rotatable bonds is 3. The van der Waals surface area contributed by atoms with Gasteiger partial charge in [0.05, 0.1) is 11.2 Å². The fourth-order valence-electron chi connectivity index (χ4n) is 3.15. The molecule has 3 N–H and O–H groups in total. The van der Waals surface area contributed by atoms with Gasteiger partial charge in [0.2, 0.25) is 0 Å². The van der Waals surface area contributed by atoms with Gasteiger partial charge in [-0.3, -0.25) is 0 Å². The smallest absolute Gasteiger partial charge is 0.0789 e.